The molecule has 0 aromatic carbocycles. The second-order valence-electron chi connectivity index (χ2n) is 3.87. The topological polar surface area (TPSA) is 97.8 Å². The van der Waals surface area contributed by atoms with Crippen LogP contribution in [0.25, 0.3) is 0 Å². The zero-order chi connectivity index (χ0) is 12.5. The molecule has 0 saturated heterocycles. The summed E-state index contributed by atoms with van der Waals surface area (Å²) in [5.41, 5.74) is 2.41. The first-order valence-corrected chi connectivity index (χ1v) is 5.76. The van der Waals surface area contributed by atoms with Gasteiger partial charge in [-0.15, -0.1) is 10.2 Å². The highest BCUT2D eigenvalue weighted by atomic mass is 35.5. The summed E-state index contributed by atoms with van der Waals surface area (Å²) in [4.78, 5) is 10.2. The predicted molar refractivity (Wildman–Crippen MR) is 65.9 cm³/mol. The Balaban J connectivity index is 1.92. The fourth-order valence-electron chi connectivity index (χ4n) is 1.90. The molecule has 0 atom stereocenters. The van der Waals surface area contributed by atoms with Gasteiger partial charge < -0.3 is 9.47 Å². The van der Waals surface area contributed by atoms with Gasteiger partial charge in [0.25, 0.3) is 0 Å². The van der Waals surface area contributed by atoms with Crippen molar-refractivity contribution in [3.63, 3.8) is 0 Å². The fraction of sp³-hybridized carbons (Fsp3) is 0.333. The Labute approximate surface area is 108 Å². The number of hydrazine groups is 1. The van der Waals surface area contributed by atoms with Crippen molar-refractivity contribution in [1.29, 1.82) is 0 Å². The van der Waals surface area contributed by atoms with E-state index in [9.17, 15) is 0 Å². The number of hydrogen-bond donors (Lipinski definition) is 2. The normalized spacial score (nSPS) is 14.4. The van der Waals surface area contributed by atoms with Crippen LogP contribution in [-0.4, -0.2) is 31.3 Å². The van der Waals surface area contributed by atoms with Crippen LogP contribution < -0.4 is 16.2 Å². The minimum Gasteiger partial charge on any atom is -0.346 e. The van der Waals surface area contributed by atoms with E-state index in [-0.39, 0.29) is 0 Å². The molecule has 0 aliphatic carbocycles. The van der Waals surface area contributed by atoms with Crippen LogP contribution in [0.2, 0.25) is 5.02 Å². The summed E-state index contributed by atoms with van der Waals surface area (Å²) in [5.74, 6) is 7.16. The van der Waals surface area contributed by atoms with Gasteiger partial charge in [0.2, 0.25) is 5.95 Å². The minimum absolute atomic E-state index is 0.335. The lowest BCUT2D eigenvalue weighted by Gasteiger charge is -2.28. The SMILES string of the molecule is NNc1ncc(Cl)c(N2CCn3cnnc3C2)n1. The van der Waals surface area contributed by atoms with Crippen LogP contribution in [-0.2, 0) is 13.1 Å². The number of rotatable bonds is 2. The summed E-state index contributed by atoms with van der Waals surface area (Å²) < 4.78 is 2.01. The van der Waals surface area contributed by atoms with Gasteiger partial charge >= 0.3 is 0 Å². The molecule has 1 aliphatic heterocycles. The van der Waals surface area contributed by atoms with Crippen molar-refractivity contribution in [2.75, 3.05) is 16.9 Å². The lowest BCUT2D eigenvalue weighted by Crippen LogP contribution is -2.34. The van der Waals surface area contributed by atoms with Crippen molar-refractivity contribution in [2.24, 2.45) is 5.84 Å². The van der Waals surface area contributed by atoms with Gasteiger partial charge in [-0.1, -0.05) is 11.6 Å². The number of anilines is 2. The molecule has 9 heteroatoms. The molecule has 0 amide bonds. The molecule has 0 radical (unpaired) electrons. The molecule has 0 unspecified atom stereocenters. The first-order chi connectivity index (χ1) is 8.78. The van der Waals surface area contributed by atoms with Crippen molar-refractivity contribution in [1.82, 2.24) is 24.7 Å². The Hall–Kier alpha value is -1.93. The molecule has 0 spiro atoms. The van der Waals surface area contributed by atoms with Gasteiger partial charge in [0, 0.05) is 13.1 Å². The van der Waals surface area contributed by atoms with E-state index in [2.05, 4.69) is 25.6 Å². The molecule has 2 aromatic heterocycles. The maximum absolute atomic E-state index is 6.11. The molecule has 3 rings (SSSR count). The molecule has 0 fully saturated rings. The number of nitrogens with zero attached hydrogens (tertiary/aromatic N) is 6. The van der Waals surface area contributed by atoms with Crippen LogP contribution in [0, 0.1) is 0 Å². The van der Waals surface area contributed by atoms with E-state index in [1.54, 1.807) is 6.33 Å². The third-order valence-electron chi connectivity index (χ3n) is 2.79. The molecular weight excluding hydrogens is 256 g/mol. The van der Waals surface area contributed by atoms with E-state index in [0.29, 0.717) is 23.3 Å². The zero-order valence-corrected chi connectivity index (χ0v) is 10.2. The van der Waals surface area contributed by atoms with Crippen LogP contribution >= 0.6 is 11.6 Å². The molecule has 3 N–H and O–H groups in total. The largest absolute Gasteiger partial charge is 0.346 e. The minimum atomic E-state index is 0.335. The van der Waals surface area contributed by atoms with Crippen molar-refractivity contribution in [2.45, 2.75) is 13.1 Å². The molecule has 0 saturated carbocycles. The number of nitrogen functional groups attached to an aromatic ring is 1. The maximum atomic E-state index is 6.11. The quantitative estimate of drug-likeness (QED) is 0.584. The molecular formula is C9H11ClN8. The second-order valence-corrected chi connectivity index (χ2v) is 4.28. The molecule has 2 aromatic rings. The Kier molecular flexibility index (Phi) is 2.73. The molecule has 1 aliphatic rings. The summed E-state index contributed by atoms with van der Waals surface area (Å²) >= 11 is 6.11. The molecule has 3 heterocycles. The Morgan fingerprint density at radius 3 is 3.11 bits per heavy atom. The second kappa shape index (κ2) is 4.39. The smallest absolute Gasteiger partial charge is 0.239 e. The highest BCUT2D eigenvalue weighted by molar-refractivity contribution is 6.32. The van der Waals surface area contributed by atoms with Gasteiger partial charge in [-0.3, -0.25) is 5.43 Å². The Morgan fingerprint density at radius 2 is 2.28 bits per heavy atom. The lowest BCUT2D eigenvalue weighted by molar-refractivity contribution is 0.556. The fourth-order valence-corrected chi connectivity index (χ4v) is 2.11. The highest BCUT2D eigenvalue weighted by Gasteiger charge is 2.21. The van der Waals surface area contributed by atoms with Gasteiger partial charge in [0.05, 0.1) is 12.7 Å². The molecule has 0 bridgehead atoms. The number of fused-ring (bicyclic) bond motifs is 1. The Morgan fingerprint density at radius 1 is 1.39 bits per heavy atom. The van der Waals surface area contributed by atoms with Gasteiger partial charge in [0.15, 0.2) is 11.6 Å². The summed E-state index contributed by atoms with van der Waals surface area (Å²) in [5, 5.41) is 8.41. The van der Waals surface area contributed by atoms with Gasteiger partial charge in [-0.25, -0.2) is 10.8 Å². The van der Waals surface area contributed by atoms with E-state index < -0.39 is 0 Å². The van der Waals surface area contributed by atoms with E-state index in [1.807, 2.05) is 9.47 Å². The average molecular weight is 267 g/mol. The van der Waals surface area contributed by atoms with Gasteiger partial charge in [-0.05, 0) is 0 Å². The number of hydrogen-bond acceptors (Lipinski definition) is 7. The number of nitrogens with two attached hydrogens (primary N) is 1. The third-order valence-corrected chi connectivity index (χ3v) is 3.06. The average Bonchev–Trinajstić information content (AvgIpc) is 2.86. The standard InChI is InChI=1S/C9H11ClN8/c10-6-3-12-9(15-11)14-8(6)17-1-2-18-5-13-16-7(18)4-17/h3,5H,1-2,4,11H2,(H,12,14,15). The third kappa shape index (κ3) is 1.85. The predicted octanol–water partition coefficient (Wildman–Crippen LogP) is 0.0273. The van der Waals surface area contributed by atoms with Crippen LogP contribution in [0.3, 0.4) is 0 Å². The van der Waals surface area contributed by atoms with E-state index in [1.165, 1.54) is 6.20 Å². The van der Waals surface area contributed by atoms with Crippen molar-refractivity contribution >= 4 is 23.4 Å². The summed E-state index contributed by atoms with van der Waals surface area (Å²) in [6, 6.07) is 0. The van der Waals surface area contributed by atoms with E-state index in [0.717, 1.165) is 18.9 Å². The summed E-state index contributed by atoms with van der Waals surface area (Å²) in [6.07, 6.45) is 3.25. The molecule has 94 valence electrons. The number of aromatic nitrogens is 5. The zero-order valence-electron chi connectivity index (χ0n) is 9.41. The van der Waals surface area contributed by atoms with Crippen molar-refractivity contribution in [3.05, 3.63) is 23.4 Å². The first kappa shape index (κ1) is 11.2. The van der Waals surface area contributed by atoms with Crippen LogP contribution in [0.1, 0.15) is 5.82 Å². The molecule has 8 nitrogen and oxygen atoms in total. The number of halogens is 1. The molecule has 18 heavy (non-hydrogen) atoms. The van der Waals surface area contributed by atoms with E-state index >= 15 is 0 Å². The van der Waals surface area contributed by atoms with Crippen molar-refractivity contribution in [3.8, 4) is 0 Å². The maximum Gasteiger partial charge on any atom is 0.239 e. The van der Waals surface area contributed by atoms with Crippen LogP contribution in [0.4, 0.5) is 11.8 Å². The highest BCUT2D eigenvalue weighted by Crippen LogP contribution is 2.26. The van der Waals surface area contributed by atoms with Crippen molar-refractivity contribution < 1.29 is 0 Å². The summed E-state index contributed by atoms with van der Waals surface area (Å²) in [6.45, 7) is 2.20. The summed E-state index contributed by atoms with van der Waals surface area (Å²) in [7, 11) is 0. The van der Waals surface area contributed by atoms with Crippen LogP contribution in [0.15, 0.2) is 12.5 Å². The van der Waals surface area contributed by atoms with Gasteiger partial charge in [-0.2, -0.15) is 4.98 Å². The Bertz CT molecular complexity index is 567. The van der Waals surface area contributed by atoms with Gasteiger partial charge in [0.1, 0.15) is 11.3 Å². The van der Waals surface area contributed by atoms with Crippen LogP contribution in [0.5, 0.6) is 0 Å². The number of nitrogens with one attached hydrogen (secondary N) is 1. The lowest BCUT2D eigenvalue weighted by atomic mass is 10.3. The monoisotopic (exact) mass is 266 g/mol. The first-order valence-electron chi connectivity index (χ1n) is 5.38. The van der Waals surface area contributed by atoms with E-state index in [4.69, 9.17) is 17.4 Å².